The maximum absolute atomic E-state index is 12.2. The predicted molar refractivity (Wildman–Crippen MR) is 105 cm³/mol. The summed E-state index contributed by atoms with van der Waals surface area (Å²) in [6.45, 7) is 6.37. The summed E-state index contributed by atoms with van der Waals surface area (Å²) in [5.74, 6) is -0.463. The van der Waals surface area contributed by atoms with Crippen LogP contribution in [0.5, 0.6) is 5.75 Å². The predicted octanol–water partition coefficient (Wildman–Crippen LogP) is 4.25. The molecule has 1 aliphatic rings. The van der Waals surface area contributed by atoms with Gasteiger partial charge in [-0.15, -0.1) is 0 Å². The number of hydrogen-bond acceptors (Lipinski definition) is 6. The minimum atomic E-state index is -0.603. The van der Waals surface area contributed by atoms with E-state index in [-0.39, 0.29) is 28.4 Å². The van der Waals surface area contributed by atoms with Crippen LogP contribution in [-0.4, -0.2) is 23.9 Å². The van der Waals surface area contributed by atoms with Gasteiger partial charge in [0.05, 0.1) is 12.0 Å². The van der Waals surface area contributed by atoms with Gasteiger partial charge in [0.15, 0.2) is 11.4 Å². The number of carbonyl (C=O) groups is 1. The summed E-state index contributed by atoms with van der Waals surface area (Å²) in [4.78, 5) is 27.0. The first-order chi connectivity index (χ1) is 13.2. The van der Waals surface area contributed by atoms with Crippen molar-refractivity contribution in [1.29, 1.82) is 0 Å². The lowest BCUT2D eigenvalue weighted by Gasteiger charge is -2.18. The molecule has 0 amide bonds. The van der Waals surface area contributed by atoms with Crippen molar-refractivity contribution in [2.75, 3.05) is 7.11 Å². The smallest absolute Gasteiger partial charge is 0.363 e. The Hall–Kier alpha value is -3.48. The molecule has 0 N–H and O–H groups in total. The highest BCUT2D eigenvalue weighted by molar-refractivity contribution is 6.13. The van der Waals surface area contributed by atoms with E-state index in [4.69, 9.17) is 9.47 Å². The summed E-state index contributed by atoms with van der Waals surface area (Å²) in [5, 5.41) is 11.2. The SMILES string of the molecule is COc1ccc(C2=N/C(=C\c3ccc(C(C)(C)C)cc3)C(=O)O2)cc1[N+](=O)[O-]. The number of nitro benzene ring substituents is 1. The number of benzene rings is 2. The third-order valence-electron chi connectivity index (χ3n) is 4.32. The molecule has 2 aromatic carbocycles. The maximum Gasteiger partial charge on any atom is 0.363 e. The van der Waals surface area contributed by atoms with E-state index in [0.717, 1.165) is 5.56 Å². The van der Waals surface area contributed by atoms with Gasteiger partial charge in [0, 0.05) is 11.6 Å². The molecular formula is C21H20N2O5. The van der Waals surface area contributed by atoms with E-state index in [1.165, 1.54) is 24.8 Å². The van der Waals surface area contributed by atoms with Crippen LogP contribution in [0.1, 0.15) is 37.5 Å². The zero-order valence-electron chi connectivity index (χ0n) is 16.1. The molecule has 1 aliphatic heterocycles. The Balaban J connectivity index is 1.92. The van der Waals surface area contributed by atoms with Crippen LogP contribution >= 0.6 is 0 Å². The summed E-state index contributed by atoms with van der Waals surface area (Å²) in [6.07, 6.45) is 1.62. The van der Waals surface area contributed by atoms with E-state index in [1.54, 1.807) is 12.1 Å². The molecule has 0 radical (unpaired) electrons. The Kier molecular flexibility index (Phi) is 5.00. The second kappa shape index (κ2) is 7.26. The van der Waals surface area contributed by atoms with E-state index in [1.807, 2.05) is 24.3 Å². The summed E-state index contributed by atoms with van der Waals surface area (Å²) in [6, 6.07) is 12.1. The molecule has 144 valence electrons. The van der Waals surface area contributed by atoms with Crippen molar-refractivity contribution in [3.8, 4) is 5.75 Å². The first kappa shape index (κ1) is 19.3. The second-order valence-electron chi connectivity index (χ2n) is 7.35. The van der Waals surface area contributed by atoms with Gasteiger partial charge >= 0.3 is 11.7 Å². The lowest BCUT2D eigenvalue weighted by molar-refractivity contribution is -0.385. The highest BCUT2D eigenvalue weighted by atomic mass is 16.6. The average Bonchev–Trinajstić information content (AvgIpc) is 3.01. The molecule has 0 saturated heterocycles. The van der Waals surface area contributed by atoms with Gasteiger partial charge < -0.3 is 9.47 Å². The van der Waals surface area contributed by atoms with Gasteiger partial charge in [-0.1, -0.05) is 45.0 Å². The van der Waals surface area contributed by atoms with Gasteiger partial charge in [0.25, 0.3) is 0 Å². The molecule has 0 bridgehead atoms. The van der Waals surface area contributed by atoms with Gasteiger partial charge in [-0.25, -0.2) is 9.79 Å². The summed E-state index contributed by atoms with van der Waals surface area (Å²) in [5.41, 5.74) is 2.26. The van der Waals surface area contributed by atoms with Crippen molar-refractivity contribution in [3.05, 3.63) is 75.0 Å². The number of methoxy groups -OCH3 is 1. The normalized spacial score (nSPS) is 15.4. The molecule has 0 aliphatic carbocycles. The molecule has 0 fully saturated rings. The number of nitrogens with zero attached hydrogens (tertiary/aromatic N) is 2. The Morgan fingerprint density at radius 1 is 1.14 bits per heavy atom. The van der Waals surface area contributed by atoms with Crippen molar-refractivity contribution in [2.24, 2.45) is 4.99 Å². The zero-order chi connectivity index (χ0) is 20.5. The second-order valence-corrected chi connectivity index (χ2v) is 7.35. The molecule has 3 rings (SSSR count). The fourth-order valence-corrected chi connectivity index (χ4v) is 2.74. The van der Waals surface area contributed by atoms with Gasteiger partial charge in [0.1, 0.15) is 0 Å². The molecule has 7 heteroatoms. The zero-order valence-corrected chi connectivity index (χ0v) is 16.1. The number of ether oxygens (including phenoxy) is 2. The van der Waals surface area contributed by atoms with E-state index in [9.17, 15) is 14.9 Å². The fraction of sp³-hybridized carbons (Fsp3) is 0.238. The number of carbonyl (C=O) groups excluding carboxylic acids is 1. The number of rotatable bonds is 4. The van der Waals surface area contributed by atoms with Crippen LogP contribution < -0.4 is 4.74 Å². The van der Waals surface area contributed by atoms with E-state index in [0.29, 0.717) is 5.56 Å². The van der Waals surface area contributed by atoms with Crippen LogP contribution in [0, 0.1) is 10.1 Å². The molecule has 0 aromatic heterocycles. The van der Waals surface area contributed by atoms with Crippen molar-refractivity contribution in [1.82, 2.24) is 0 Å². The number of aliphatic imine (C=N–C) groups is 1. The van der Waals surface area contributed by atoms with Crippen molar-refractivity contribution >= 4 is 23.6 Å². The van der Waals surface area contributed by atoms with Crippen LogP contribution in [0.25, 0.3) is 6.08 Å². The largest absolute Gasteiger partial charge is 0.490 e. The maximum atomic E-state index is 12.2. The van der Waals surface area contributed by atoms with Crippen molar-refractivity contribution in [2.45, 2.75) is 26.2 Å². The number of nitro groups is 1. The Morgan fingerprint density at radius 2 is 1.82 bits per heavy atom. The Bertz CT molecular complexity index is 998. The first-order valence-electron chi connectivity index (χ1n) is 8.65. The minimum Gasteiger partial charge on any atom is -0.490 e. The summed E-state index contributed by atoms with van der Waals surface area (Å²) in [7, 11) is 1.35. The Morgan fingerprint density at radius 3 is 2.39 bits per heavy atom. The van der Waals surface area contributed by atoms with Gasteiger partial charge in [-0.2, -0.15) is 0 Å². The van der Waals surface area contributed by atoms with Crippen LogP contribution in [0.3, 0.4) is 0 Å². The molecule has 28 heavy (non-hydrogen) atoms. The van der Waals surface area contributed by atoms with Gasteiger partial charge in [-0.05, 0) is 34.8 Å². The molecule has 0 atom stereocenters. The number of esters is 1. The van der Waals surface area contributed by atoms with Crippen molar-refractivity contribution in [3.63, 3.8) is 0 Å². The lowest BCUT2D eigenvalue weighted by Crippen LogP contribution is -2.10. The molecule has 7 nitrogen and oxygen atoms in total. The lowest BCUT2D eigenvalue weighted by atomic mass is 9.87. The minimum absolute atomic E-state index is 0.0216. The van der Waals surface area contributed by atoms with Crippen LogP contribution in [0.4, 0.5) is 5.69 Å². The van der Waals surface area contributed by atoms with E-state index in [2.05, 4.69) is 25.8 Å². The first-order valence-corrected chi connectivity index (χ1v) is 8.65. The third kappa shape index (κ3) is 3.93. The summed E-state index contributed by atoms with van der Waals surface area (Å²) >= 11 is 0. The topological polar surface area (TPSA) is 91.0 Å². The summed E-state index contributed by atoms with van der Waals surface area (Å²) < 4.78 is 10.2. The van der Waals surface area contributed by atoms with Gasteiger partial charge in [-0.3, -0.25) is 10.1 Å². The van der Waals surface area contributed by atoms with Crippen LogP contribution in [-0.2, 0) is 14.9 Å². The molecule has 1 heterocycles. The highest BCUT2D eigenvalue weighted by Gasteiger charge is 2.26. The third-order valence-corrected chi connectivity index (χ3v) is 4.32. The van der Waals surface area contributed by atoms with Crippen LogP contribution in [0.15, 0.2) is 53.2 Å². The van der Waals surface area contributed by atoms with Gasteiger partial charge in [0.2, 0.25) is 5.90 Å². The number of hydrogen-bond donors (Lipinski definition) is 0. The molecule has 2 aromatic rings. The van der Waals surface area contributed by atoms with E-state index >= 15 is 0 Å². The molecule has 0 saturated carbocycles. The average molecular weight is 380 g/mol. The van der Waals surface area contributed by atoms with Crippen molar-refractivity contribution < 1.29 is 19.2 Å². The molecule has 0 unspecified atom stereocenters. The monoisotopic (exact) mass is 380 g/mol. The fourth-order valence-electron chi connectivity index (χ4n) is 2.74. The molecular weight excluding hydrogens is 360 g/mol. The number of cyclic esters (lactones) is 1. The Labute approximate surface area is 162 Å². The quantitative estimate of drug-likeness (QED) is 0.342. The highest BCUT2D eigenvalue weighted by Crippen LogP contribution is 2.29. The standard InChI is InChI=1S/C21H20N2O5/c1-21(2,3)15-8-5-13(6-9-15)11-16-20(24)28-19(22-16)14-7-10-18(27-4)17(12-14)23(25)26/h5-12H,1-4H3/b16-11-. The van der Waals surface area contributed by atoms with E-state index < -0.39 is 10.9 Å². The molecule has 0 spiro atoms. The van der Waals surface area contributed by atoms with Crippen LogP contribution in [0.2, 0.25) is 0 Å².